The van der Waals surface area contributed by atoms with Crippen molar-refractivity contribution in [3.8, 4) is 0 Å². The third kappa shape index (κ3) is 3.82. The minimum Gasteiger partial charge on any atom is -0.381 e. The van der Waals surface area contributed by atoms with E-state index in [9.17, 15) is 0 Å². The van der Waals surface area contributed by atoms with E-state index < -0.39 is 0 Å². The first-order chi connectivity index (χ1) is 8.79. The Bertz CT molecular complexity index is 345. The molecule has 1 aromatic heterocycles. The van der Waals surface area contributed by atoms with Gasteiger partial charge in [-0.05, 0) is 44.7 Å². The van der Waals surface area contributed by atoms with Crippen molar-refractivity contribution in [3.63, 3.8) is 0 Å². The fraction of sp³-hybridized carbons (Fsp3) is 0.786. The number of nitrogens with one attached hydrogen (secondary N) is 1. The maximum atomic E-state index is 5.37. The Morgan fingerprint density at radius 1 is 1.61 bits per heavy atom. The van der Waals surface area contributed by atoms with Gasteiger partial charge in [0.1, 0.15) is 0 Å². The quantitative estimate of drug-likeness (QED) is 0.756. The van der Waals surface area contributed by atoms with Gasteiger partial charge in [-0.3, -0.25) is 4.68 Å². The van der Waals surface area contributed by atoms with Crippen molar-refractivity contribution < 1.29 is 4.74 Å². The molecule has 1 aromatic rings. The van der Waals surface area contributed by atoms with E-state index in [1.54, 1.807) is 0 Å². The average Bonchev–Trinajstić information content (AvgIpc) is 3.05. The molecule has 18 heavy (non-hydrogen) atoms. The standard InChI is InChI=1S/C14H25N3O/c1-3-12(2)17-8-5-14(16-17)10-15-7-4-13-6-9-18-11-13/h5,8,12-13,15H,3-4,6-7,9-11H2,1-2H3. The van der Waals surface area contributed by atoms with Crippen LogP contribution in [-0.2, 0) is 11.3 Å². The highest BCUT2D eigenvalue weighted by atomic mass is 16.5. The van der Waals surface area contributed by atoms with E-state index in [0.717, 1.165) is 44.3 Å². The summed E-state index contributed by atoms with van der Waals surface area (Å²) >= 11 is 0. The van der Waals surface area contributed by atoms with Crippen LogP contribution in [0.1, 0.15) is 44.8 Å². The third-order valence-corrected chi connectivity index (χ3v) is 3.77. The SMILES string of the molecule is CCC(C)n1ccc(CNCCC2CCOC2)n1. The van der Waals surface area contributed by atoms with Gasteiger partial charge in [0, 0.05) is 32.0 Å². The Morgan fingerprint density at radius 3 is 3.22 bits per heavy atom. The Morgan fingerprint density at radius 2 is 2.50 bits per heavy atom. The molecule has 0 spiro atoms. The van der Waals surface area contributed by atoms with Crippen LogP contribution >= 0.6 is 0 Å². The van der Waals surface area contributed by atoms with E-state index in [0.29, 0.717) is 6.04 Å². The second-order valence-electron chi connectivity index (χ2n) is 5.24. The Labute approximate surface area is 110 Å². The normalized spacial score (nSPS) is 21.3. The molecule has 0 radical (unpaired) electrons. The smallest absolute Gasteiger partial charge is 0.0762 e. The van der Waals surface area contributed by atoms with Crippen LogP contribution in [0.25, 0.3) is 0 Å². The fourth-order valence-corrected chi connectivity index (χ4v) is 2.24. The highest BCUT2D eigenvalue weighted by molar-refractivity contribution is 4.99. The molecule has 102 valence electrons. The van der Waals surface area contributed by atoms with Crippen LogP contribution in [0.2, 0.25) is 0 Å². The van der Waals surface area contributed by atoms with Crippen LogP contribution in [0, 0.1) is 5.92 Å². The van der Waals surface area contributed by atoms with E-state index >= 15 is 0 Å². The number of hydrogen-bond donors (Lipinski definition) is 1. The number of ether oxygens (including phenoxy) is 1. The van der Waals surface area contributed by atoms with Gasteiger partial charge >= 0.3 is 0 Å². The van der Waals surface area contributed by atoms with Crippen molar-refractivity contribution in [2.24, 2.45) is 5.92 Å². The molecule has 1 saturated heterocycles. The van der Waals surface area contributed by atoms with Crippen LogP contribution < -0.4 is 5.32 Å². The van der Waals surface area contributed by atoms with Crippen LogP contribution in [-0.4, -0.2) is 29.5 Å². The van der Waals surface area contributed by atoms with Gasteiger partial charge in [0.05, 0.1) is 5.69 Å². The second-order valence-corrected chi connectivity index (χ2v) is 5.24. The summed E-state index contributed by atoms with van der Waals surface area (Å²) in [6.45, 7) is 8.22. The highest BCUT2D eigenvalue weighted by Crippen LogP contribution is 2.15. The van der Waals surface area contributed by atoms with Crippen LogP contribution in [0.3, 0.4) is 0 Å². The largest absolute Gasteiger partial charge is 0.381 e. The minimum absolute atomic E-state index is 0.495. The summed E-state index contributed by atoms with van der Waals surface area (Å²) in [6.07, 6.45) is 5.64. The molecule has 0 aliphatic carbocycles. The zero-order chi connectivity index (χ0) is 12.8. The van der Waals surface area contributed by atoms with Gasteiger partial charge in [0.25, 0.3) is 0 Å². The predicted molar refractivity (Wildman–Crippen MR) is 72.5 cm³/mol. The number of nitrogens with zero attached hydrogens (tertiary/aromatic N) is 2. The molecule has 1 aliphatic rings. The molecule has 0 saturated carbocycles. The van der Waals surface area contributed by atoms with Crippen molar-refractivity contribution in [3.05, 3.63) is 18.0 Å². The van der Waals surface area contributed by atoms with Crippen LogP contribution in [0.15, 0.2) is 12.3 Å². The van der Waals surface area contributed by atoms with Gasteiger partial charge in [-0.25, -0.2) is 0 Å². The summed E-state index contributed by atoms with van der Waals surface area (Å²) in [5, 5.41) is 8.05. The molecular weight excluding hydrogens is 226 g/mol. The molecule has 4 nitrogen and oxygen atoms in total. The lowest BCUT2D eigenvalue weighted by Crippen LogP contribution is -2.18. The summed E-state index contributed by atoms with van der Waals surface area (Å²) in [5.41, 5.74) is 1.14. The van der Waals surface area contributed by atoms with Crippen LogP contribution in [0.4, 0.5) is 0 Å². The minimum atomic E-state index is 0.495. The van der Waals surface area contributed by atoms with Crippen molar-refractivity contribution in [2.75, 3.05) is 19.8 Å². The molecule has 1 fully saturated rings. The second kappa shape index (κ2) is 6.90. The van der Waals surface area contributed by atoms with Crippen molar-refractivity contribution in [1.82, 2.24) is 15.1 Å². The summed E-state index contributed by atoms with van der Waals surface area (Å²) in [5.74, 6) is 0.759. The molecular formula is C14H25N3O. The average molecular weight is 251 g/mol. The topological polar surface area (TPSA) is 39.1 Å². The molecule has 2 heterocycles. The van der Waals surface area contributed by atoms with Gasteiger partial charge in [-0.15, -0.1) is 0 Å². The monoisotopic (exact) mass is 251 g/mol. The van der Waals surface area contributed by atoms with Crippen molar-refractivity contribution in [1.29, 1.82) is 0 Å². The van der Waals surface area contributed by atoms with Gasteiger partial charge in [-0.1, -0.05) is 6.92 Å². The molecule has 1 N–H and O–H groups in total. The summed E-state index contributed by atoms with van der Waals surface area (Å²) in [7, 11) is 0. The first-order valence-corrected chi connectivity index (χ1v) is 7.12. The predicted octanol–water partition coefficient (Wildman–Crippen LogP) is 2.37. The molecule has 1 aliphatic heterocycles. The Hall–Kier alpha value is -0.870. The van der Waals surface area contributed by atoms with Gasteiger partial charge in [0.15, 0.2) is 0 Å². The maximum absolute atomic E-state index is 5.37. The van der Waals surface area contributed by atoms with E-state index in [1.165, 1.54) is 12.8 Å². The molecule has 2 rings (SSSR count). The number of aromatic nitrogens is 2. The fourth-order valence-electron chi connectivity index (χ4n) is 2.24. The number of hydrogen-bond acceptors (Lipinski definition) is 3. The first kappa shape index (κ1) is 13.6. The lowest BCUT2D eigenvalue weighted by molar-refractivity contribution is 0.184. The Kier molecular flexibility index (Phi) is 5.20. The zero-order valence-corrected chi connectivity index (χ0v) is 11.6. The van der Waals surface area contributed by atoms with Gasteiger partial charge in [-0.2, -0.15) is 5.10 Å². The highest BCUT2D eigenvalue weighted by Gasteiger charge is 2.14. The molecule has 2 unspecified atom stereocenters. The van der Waals surface area contributed by atoms with Crippen LogP contribution in [0.5, 0.6) is 0 Å². The lowest BCUT2D eigenvalue weighted by Gasteiger charge is -2.09. The number of rotatable bonds is 7. The van der Waals surface area contributed by atoms with E-state index in [1.807, 2.05) is 0 Å². The summed E-state index contributed by atoms with van der Waals surface area (Å²) in [4.78, 5) is 0. The molecule has 0 bridgehead atoms. The van der Waals surface area contributed by atoms with Gasteiger partial charge in [0.2, 0.25) is 0 Å². The van der Waals surface area contributed by atoms with E-state index in [4.69, 9.17) is 4.74 Å². The van der Waals surface area contributed by atoms with E-state index in [2.05, 4.69) is 41.2 Å². The Balaban J connectivity index is 1.65. The lowest BCUT2D eigenvalue weighted by atomic mass is 10.1. The van der Waals surface area contributed by atoms with Crippen molar-refractivity contribution in [2.45, 2.75) is 45.7 Å². The first-order valence-electron chi connectivity index (χ1n) is 7.12. The van der Waals surface area contributed by atoms with Gasteiger partial charge < -0.3 is 10.1 Å². The third-order valence-electron chi connectivity index (χ3n) is 3.77. The molecule has 2 atom stereocenters. The molecule has 0 amide bonds. The van der Waals surface area contributed by atoms with Crippen molar-refractivity contribution >= 4 is 0 Å². The molecule has 4 heteroatoms. The van der Waals surface area contributed by atoms with E-state index in [-0.39, 0.29) is 0 Å². The molecule has 0 aromatic carbocycles. The zero-order valence-electron chi connectivity index (χ0n) is 11.6. The summed E-state index contributed by atoms with van der Waals surface area (Å²) in [6, 6.07) is 2.60. The summed E-state index contributed by atoms with van der Waals surface area (Å²) < 4.78 is 7.43. The maximum Gasteiger partial charge on any atom is 0.0762 e.